The first-order chi connectivity index (χ1) is 10.9. The largest absolute Gasteiger partial charge is 0.497 e. The van der Waals surface area contributed by atoms with Gasteiger partial charge >= 0.3 is 0 Å². The monoisotopic (exact) mass is 393 g/mol. The maximum absolute atomic E-state index is 12.2. The predicted octanol–water partition coefficient (Wildman–Crippen LogP) is 3.02. The molecule has 1 aromatic carbocycles. The number of amides is 1. The van der Waals surface area contributed by atoms with Gasteiger partial charge in [0, 0.05) is 18.5 Å². The molecule has 0 saturated carbocycles. The van der Waals surface area contributed by atoms with E-state index in [9.17, 15) is 4.79 Å². The summed E-state index contributed by atoms with van der Waals surface area (Å²) in [5.74, 6) is 0.632. The molecule has 3 atom stereocenters. The van der Waals surface area contributed by atoms with Crippen LogP contribution < -0.4 is 15.8 Å². The number of nitrogens with one attached hydrogen (secondary N) is 1. The lowest BCUT2D eigenvalue weighted by molar-refractivity contribution is -0.125. The Morgan fingerprint density at radius 1 is 1.24 bits per heavy atom. The van der Waals surface area contributed by atoms with Crippen molar-refractivity contribution >= 4 is 30.7 Å². The number of carbonyl (C=O) groups is 1. The molecule has 25 heavy (non-hydrogen) atoms. The van der Waals surface area contributed by atoms with E-state index >= 15 is 0 Å². The average Bonchev–Trinajstić information content (AvgIpc) is 2.57. The fraction of sp³-hybridized carbons (Fsp3) is 0.611. The molecule has 1 aromatic rings. The van der Waals surface area contributed by atoms with Crippen molar-refractivity contribution in [3.63, 3.8) is 0 Å². The molecule has 5 nitrogen and oxygen atoms in total. The molecule has 0 spiro atoms. The van der Waals surface area contributed by atoms with Crippen molar-refractivity contribution in [3.05, 3.63) is 29.8 Å². The zero-order valence-electron chi connectivity index (χ0n) is 15.8. The van der Waals surface area contributed by atoms with E-state index in [0.29, 0.717) is 6.54 Å². The fourth-order valence-electron chi connectivity index (χ4n) is 2.57. The van der Waals surface area contributed by atoms with E-state index in [-0.39, 0.29) is 48.7 Å². The Hall–Kier alpha value is -1.01. The Balaban J connectivity index is 0. The summed E-state index contributed by atoms with van der Waals surface area (Å²) in [4.78, 5) is 14.5. The minimum absolute atomic E-state index is 0. The van der Waals surface area contributed by atoms with Crippen LogP contribution in [0.25, 0.3) is 0 Å². The van der Waals surface area contributed by atoms with E-state index in [1.807, 2.05) is 32.0 Å². The van der Waals surface area contributed by atoms with E-state index < -0.39 is 0 Å². The van der Waals surface area contributed by atoms with Crippen LogP contribution in [0.1, 0.15) is 39.3 Å². The number of hydrogen-bond acceptors (Lipinski definition) is 4. The van der Waals surface area contributed by atoms with Crippen LogP contribution in [0.15, 0.2) is 24.3 Å². The molecule has 0 bridgehead atoms. The number of rotatable bonds is 9. The molecule has 0 aromatic heterocycles. The average molecular weight is 394 g/mol. The zero-order chi connectivity index (χ0) is 17.4. The Morgan fingerprint density at radius 2 is 1.84 bits per heavy atom. The summed E-state index contributed by atoms with van der Waals surface area (Å²) < 4.78 is 5.32. The first-order valence-electron chi connectivity index (χ1n) is 8.35. The second-order valence-electron chi connectivity index (χ2n) is 5.91. The van der Waals surface area contributed by atoms with E-state index in [1.54, 1.807) is 7.11 Å². The maximum Gasteiger partial charge on any atom is 0.224 e. The summed E-state index contributed by atoms with van der Waals surface area (Å²) in [5, 5.41) is 3.05. The van der Waals surface area contributed by atoms with Gasteiger partial charge in [0.2, 0.25) is 5.91 Å². The Labute approximate surface area is 164 Å². The topological polar surface area (TPSA) is 67.6 Å². The van der Waals surface area contributed by atoms with Gasteiger partial charge in [0.1, 0.15) is 5.75 Å². The fourth-order valence-corrected chi connectivity index (χ4v) is 2.57. The quantitative estimate of drug-likeness (QED) is 0.676. The molecular formula is C18H33Cl2N3O2. The summed E-state index contributed by atoms with van der Waals surface area (Å²) in [6, 6.07) is 7.98. The van der Waals surface area contributed by atoms with Crippen molar-refractivity contribution in [2.45, 2.75) is 39.8 Å². The number of hydrogen-bond donors (Lipinski definition) is 2. The summed E-state index contributed by atoms with van der Waals surface area (Å²) in [5.41, 5.74) is 6.96. The summed E-state index contributed by atoms with van der Waals surface area (Å²) in [6.07, 6.45) is 0. The molecule has 1 amide bonds. The van der Waals surface area contributed by atoms with Gasteiger partial charge in [-0.25, -0.2) is 0 Å². The summed E-state index contributed by atoms with van der Waals surface area (Å²) in [7, 11) is 1.66. The highest BCUT2D eigenvalue weighted by atomic mass is 35.5. The Kier molecular flexibility index (Phi) is 13.9. The third-order valence-corrected chi connectivity index (χ3v) is 4.40. The van der Waals surface area contributed by atoms with Gasteiger partial charge in [-0.05, 0) is 37.7 Å². The zero-order valence-corrected chi connectivity index (χ0v) is 17.5. The molecule has 3 unspecified atom stereocenters. The van der Waals surface area contributed by atoms with Gasteiger partial charge in [0.15, 0.2) is 0 Å². The number of benzene rings is 1. The smallest absolute Gasteiger partial charge is 0.224 e. The van der Waals surface area contributed by atoms with Gasteiger partial charge in [-0.3, -0.25) is 9.69 Å². The SMILES string of the molecule is CCN(CC)C(CNC(=O)C(C)C(C)N)c1cccc(OC)c1.Cl.Cl. The number of methoxy groups -OCH3 is 1. The molecule has 0 aliphatic rings. The summed E-state index contributed by atoms with van der Waals surface area (Å²) in [6.45, 7) is 10.4. The number of carbonyl (C=O) groups excluding carboxylic acids is 1. The number of likely N-dealkylation sites (N-methyl/N-ethyl adjacent to an activating group) is 1. The van der Waals surface area contributed by atoms with Crippen molar-refractivity contribution in [1.29, 1.82) is 0 Å². The number of nitrogens with two attached hydrogens (primary N) is 1. The molecule has 3 N–H and O–H groups in total. The lowest BCUT2D eigenvalue weighted by Gasteiger charge is -2.31. The predicted molar refractivity (Wildman–Crippen MR) is 109 cm³/mol. The van der Waals surface area contributed by atoms with E-state index in [4.69, 9.17) is 10.5 Å². The van der Waals surface area contributed by atoms with Crippen molar-refractivity contribution in [2.24, 2.45) is 11.7 Å². The van der Waals surface area contributed by atoms with Gasteiger partial charge < -0.3 is 15.8 Å². The molecule has 146 valence electrons. The van der Waals surface area contributed by atoms with Gasteiger partial charge in [0.25, 0.3) is 0 Å². The first-order valence-corrected chi connectivity index (χ1v) is 8.35. The highest BCUT2D eigenvalue weighted by Crippen LogP contribution is 2.24. The van der Waals surface area contributed by atoms with Gasteiger partial charge in [0.05, 0.1) is 13.2 Å². The van der Waals surface area contributed by atoms with Crippen LogP contribution in [0.5, 0.6) is 5.75 Å². The molecule has 0 aliphatic carbocycles. The van der Waals surface area contributed by atoms with E-state index in [1.165, 1.54) is 0 Å². The van der Waals surface area contributed by atoms with Gasteiger partial charge in [-0.2, -0.15) is 0 Å². The van der Waals surface area contributed by atoms with Crippen LogP contribution >= 0.6 is 24.8 Å². The standard InChI is InChI=1S/C18H31N3O2.2ClH/c1-6-21(7-2)17(12-20-18(22)13(3)14(4)19)15-9-8-10-16(11-15)23-5;;/h8-11,13-14,17H,6-7,12,19H2,1-5H3,(H,20,22);2*1H. The van der Waals surface area contributed by atoms with Crippen LogP contribution in [0.2, 0.25) is 0 Å². The molecule has 0 fully saturated rings. The van der Waals surface area contributed by atoms with Crippen LogP contribution in [0, 0.1) is 5.92 Å². The first kappa shape index (κ1) is 26.2. The number of halogens is 2. The van der Waals surface area contributed by atoms with Gasteiger partial charge in [-0.15, -0.1) is 24.8 Å². The molecule has 0 aliphatic heterocycles. The van der Waals surface area contributed by atoms with E-state index in [0.717, 1.165) is 24.4 Å². The Morgan fingerprint density at radius 3 is 2.32 bits per heavy atom. The second-order valence-corrected chi connectivity index (χ2v) is 5.91. The molecule has 0 saturated heterocycles. The number of ether oxygens (including phenoxy) is 1. The molecule has 0 radical (unpaired) electrons. The number of nitrogens with zero attached hydrogens (tertiary/aromatic N) is 1. The van der Waals surface area contributed by atoms with Crippen LogP contribution in [-0.2, 0) is 4.79 Å². The van der Waals surface area contributed by atoms with Crippen molar-refractivity contribution in [3.8, 4) is 5.75 Å². The van der Waals surface area contributed by atoms with Gasteiger partial charge in [-0.1, -0.05) is 32.9 Å². The highest BCUT2D eigenvalue weighted by molar-refractivity contribution is 5.85. The second kappa shape index (κ2) is 13.2. The molecule has 7 heteroatoms. The minimum Gasteiger partial charge on any atom is -0.497 e. The maximum atomic E-state index is 12.2. The van der Waals surface area contributed by atoms with Crippen LogP contribution in [0.4, 0.5) is 0 Å². The third kappa shape index (κ3) is 7.82. The normalized spacial score (nSPS) is 13.9. The van der Waals surface area contributed by atoms with Crippen LogP contribution in [0.3, 0.4) is 0 Å². The third-order valence-electron chi connectivity index (χ3n) is 4.40. The van der Waals surface area contributed by atoms with E-state index in [2.05, 4.69) is 30.1 Å². The van der Waals surface area contributed by atoms with Crippen LogP contribution in [-0.4, -0.2) is 43.6 Å². The lowest BCUT2D eigenvalue weighted by atomic mass is 10.0. The highest BCUT2D eigenvalue weighted by Gasteiger charge is 2.22. The Bertz CT molecular complexity index is 497. The molecule has 1 rings (SSSR count). The summed E-state index contributed by atoms with van der Waals surface area (Å²) >= 11 is 0. The minimum atomic E-state index is -0.197. The molecule has 0 heterocycles. The van der Waals surface area contributed by atoms with Crippen molar-refractivity contribution in [2.75, 3.05) is 26.7 Å². The molecular weight excluding hydrogens is 361 g/mol. The van der Waals surface area contributed by atoms with Crippen molar-refractivity contribution < 1.29 is 9.53 Å². The lowest BCUT2D eigenvalue weighted by Crippen LogP contribution is -2.43. The van der Waals surface area contributed by atoms with Crippen molar-refractivity contribution in [1.82, 2.24) is 10.2 Å².